The smallest absolute Gasteiger partial charge is 0.137 e. The largest absolute Gasteiger partial charge is 0.456 e. The Kier molecular flexibility index (Phi) is 7.20. The molecule has 0 fully saturated rings. The van der Waals surface area contributed by atoms with Gasteiger partial charge in [0.2, 0.25) is 0 Å². The Balaban J connectivity index is 1.08. The number of aromatic nitrogens is 2. The lowest BCUT2D eigenvalue weighted by molar-refractivity contribution is 0.669. The van der Waals surface area contributed by atoms with E-state index in [0.717, 1.165) is 61.5 Å². The fourth-order valence-electron chi connectivity index (χ4n) is 9.23. The first-order valence-electron chi connectivity index (χ1n) is 19.8. The highest BCUT2D eigenvalue weighted by Gasteiger charge is 2.22. The van der Waals surface area contributed by atoms with Gasteiger partial charge in [-0.2, -0.15) is 0 Å². The van der Waals surface area contributed by atoms with Crippen LogP contribution in [0.3, 0.4) is 0 Å². The van der Waals surface area contributed by atoms with Crippen LogP contribution in [0.25, 0.3) is 88.1 Å². The van der Waals surface area contributed by atoms with Crippen molar-refractivity contribution in [2.75, 3.05) is 4.90 Å². The molecule has 58 heavy (non-hydrogen) atoms. The van der Waals surface area contributed by atoms with Crippen LogP contribution in [-0.2, 0) is 0 Å². The van der Waals surface area contributed by atoms with Crippen LogP contribution in [-0.4, -0.2) is 9.13 Å². The first kappa shape index (κ1) is 32.4. The van der Waals surface area contributed by atoms with Gasteiger partial charge in [-0.25, -0.2) is 0 Å². The number of furan rings is 1. The van der Waals surface area contributed by atoms with E-state index in [2.05, 4.69) is 220 Å². The van der Waals surface area contributed by atoms with E-state index in [9.17, 15) is 0 Å². The van der Waals surface area contributed by atoms with E-state index in [0.29, 0.717) is 0 Å². The number of hydrogen-bond donors (Lipinski definition) is 0. The summed E-state index contributed by atoms with van der Waals surface area (Å²) < 4.78 is 11.2. The lowest BCUT2D eigenvalue weighted by Gasteiger charge is -2.27. The lowest BCUT2D eigenvalue weighted by Crippen LogP contribution is -2.10. The van der Waals surface area contributed by atoms with Crippen LogP contribution in [0.2, 0.25) is 0 Å². The average molecular weight is 742 g/mol. The molecule has 272 valence electrons. The van der Waals surface area contributed by atoms with Gasteiger partial charge in [0.25, 0.3) is 0 Å². The zero-order valence-corrected chi connectivity index (χ0v) is 31.5. The quantitative estimate of drug-likeness (QED) is 0.170. The Bertz CT molecular complexity index is 3500. The van der Waals surface area contributed by atoms with E-state index in [4.69, 9.17) is 4.42 Å². The molecule has 3 aromatic heterocycles. The Hall–Kier alpha value is -7.82. The Morgan fingerprint density at radius 3 is 1.66 bits per heavy atom. The van der Waals surface area contributed by atoms with Crippen LogP contribution in [0.1, 0.15) is 0 Å². The van der Waals surface area contributed by atoms with Crippen molar-refractivity contribution in [2.24, 2.45) is 0 Å². The molecule has 0 N–H and O–H groups in total. The van der Waals surface area contributed by atoms with Crippen molar-refractivity contribution in [2.45, 2.75) is 0 Å². The summed E-state index contributed by atoms with van der Waals surface area (Å²) in [5.74, 6) is 0. The highest BCUT2D eigenvalue weighted by Crippen LogP contribution is 2.46. The summed E-state index contributed by atoms with van der Waals surface area (Å²) >= 11 is 0. The minimum atomic E-state index is 0.862. The summed E-state index contributed by atoms with van der Waals surface area (Å²) in [6.45, 7) is 0. The van der Waals surface area contributed by atoms with Gasteiger partial charge in [-0.3, -0.25) is 0 Å². The number of nitrogens with zero attached hydrogens (tertiary/aromatic N) is 3. The van der Waals surface area contributed by atoms with Crippen LogP contribution in [0.4, 0.5) is 17.1 Å². The second kappa shape index (κ2) is 12.9. The first-order valence-corrected chi connectivity index (χ1v) is 19.8. The van der Waals surface area contributed by atoms with Crippen molar-refractivity contribution >= 4 is 82.6 Å². The number of para-hydroxylation sites is 5. The predicted molar refractivity (Wildman–Crippen MR) is 243 cm³/mol. The van der Waals surface area contributed by atoms with Crippen molar-refractivity contribution in [1.29, 1.82) is 0 Å². The van der Waals surface area contributed by atoms with Gasteiger partial charge in [0.15, 0.2) is 0 Å². The number of benzene rings is 9. The molecular formula is C54H35N3O. The van der Waals surface area contributed by atoms with E-state index < -0.39 is 0 Å². The molecular weight excluding hydrogens is 707 g/mol. The molecule has 3 heterocycles. The summed E-state index contributed by atoms with van der Waals surface area (Å²) in [5.41, 5.74) is 14.3. The maximum absolute atomic E-state index is 6.46. The summed E-state index contributed by atoms with van der Waals surface area (Å²) in [5, 5.41) is 7.12. The maximum Gasteiger partial charge on any atom is 0.137 e. The zero-order valence-electron chi connectivity index (χ0n) is 31.5. The molecule has 12 aromatic rings. The second-order valence-electron chi connectivity index (χ2n) is 14.9. The van der Waals surface area contributed by atoms with Gasteiger partial charge in [-0.15, -0.1) is 0 Å². The molecule has 4 nitrogen and oxygen atoms in total. The van der Waals surface area contributed by atoms with Crippen molar-refractivity contribution in [3.63, 3.8) is 0 Å². The van der Waals surface area contributed by atoms with Crippen molar-refractivity contribution in [3.8, 4) is 22.5 Å². The minimum Gasteiger partial charge on any atom is -0.456 e. The fraction of sp³-hybridized carbons (Fsp3) is 0. The van der Waals surface area contributed by atoms with Gasteiger partial charge in [0, 0.05) is 49.7 Å². The maximum atomic E-state index is 6.46. The highest BCUT2D eigenvalue weighted by molar-refractivity contribution is 6.17. The van der Waals surface area contributed by atoms with Gasteiger partial charge in [0.1, 0.15) is 11.2 Å². The van der Waals surface area contributed by atoms with Gasteiger partial charge in [0.05, 0.1) is 33.1 Å². The Morgan fingerprint density at radius 2 is 0.897 bits per heavy atom. The topological polar surface area (TPSA) is 26.2 Å². The normalized spacial score (nSPS) is 11.8. The molecule has 4 heteroatoms. The van der Waals surface area contributed by atoms with Gasteiger partial charge >= 0.3 is 0 Å². The monoisotopic (exact) mass is 741 g/mol. The minimum absolute atomic E-state index is 0.862. The van der Waals surface area contributed by atoms with Crippen molar-refractivity contribution in [1.82, 2.24) is 9.13 Å². The van der Waals surface area contributed by atoms with Gasteiger partial charge in [-0.1, -0.05) is 127 Å². The van der Waals surface area contributed by atoms with E-state index >= 15 is 0 Å². The molecule has 0 bridgehead atoms. The third kappa shape index (κ3) is 4.88. The molecule has 9 aromatic carbocycles. The molecule has 0 atom stereocenters. The summed E-state index contributed by atoms with van der Waals surface area (Å²) in [7, 11) is 0. The first-order chi connectivity index (χ1) is 28.8. The van der Waals surface area contributed by atoms with E-state index in [1.165, 1.54) is 43.7 Å². The second-order valence-corrected chi connectivity index (χ2v) is 14.9. The van der Waals surface area contributed by atoms with E-state index in [1.807, 2.05) is 6.07 Å². The average Bonchev–Trinajstić information content (AvgIpc) is 3.95. The Labute approximate surface area is 334 Å². The van der Waals surface area contributed by atoms with Crippen LogP contribution >= 0.6 is 0 Å². The van der Waals surface area contributed by atoms with E-state index in [1.54, 1.807) is 0 Å². The standard InChI is InChI=1S/C54H35N3O/c1-3-15-37(16-4-1)56-47-24-11-8-20-44(47)53-41(22-13-25-48(53)56)36-29-31-39(32-30-36)55(49-26-14-28-52-54(49)45-21-9-12-27-51(45)58-52)40-33-34-43-42-19-7-10-23-46(42)57(50(43)35-40)38-17-5-2-6-18-38/h1-35H. The van der Waals surface area contributed by atoms with Crippen LogP contribution in [0.5, 0.6) is 0 Å². The molecule has 0 unspecified atom stereocenters. The molecule has 0 spiro atoms. The number of fused-ring (bicyclic) bond motifs is 9. The third-order valence-electron chi connectivity index (χ3n) is 11.7. The van der Waals surface area contributed by atoms with Crippen LogP contribution in [0, 0.1) is 0 Å². The molecule has 12 rings (SSSR count). The predicted octanol–water partition coefficient (Wildman–Crippen LogP) is 14.9. The molecule has 0 amide bonds. The number of anilines is 3. The van der Waals surface area contributed by atoms with Gasteiger partial charge < -0.3 is 18.5 Å². The summed E-state index contributed by atoms with van der Waals surface area (Å²) in [6.07, 6.45) is 0. The van der Waals surface area contributed by atoms with Crippen molar-refractivity contribution < 1.29 is 4.42 Å². The number of hydrogen-bond acceptors (Lipinski definition) is 2. The molecule has 0 aliphatic carbocycles. The van der Waals surface area contributed by atoms with Crippen LogP contribution < -0.4 is 4.90 Å². The zero-order chi connectivity index (χ0) is 38.2. The van der Waals surface area contributed by atoms with Crippen molar-refractivity contribution in [3.05, 3.63) is 212 Å². The highest BCUT2D eigenvalue weighted by atomic mass is 16.3. The summed E-state index contributed by atoms with van der Waals surface area (Å²) in [6, 6.07) is 76.1. The van der Waals surface area contributed by atoms with E-state index in [-0.39, 0.29) is 0 Å². The molecule has 0 saturated carbocycles. The molecule has 0 saturated heterocycles. The SMILES string of the molecule is c1ccc(-n2c3ccccc3c3ccc(N(c4ccc(-c5cccc6c5c5ccccc5n6-c5ccccc5)cc4)c4cccc5oc6ccccc6c45)cc32)cc1. The lowest BCUT2D eigenvalue weighted by atomic mass is 9.99. The fourth-order valence-corrected chi connectivity index (χ4v) is 9.23. The Morgan fingerprint density at radius 1 is 0.345 bits per heavy atom. The molecule has 0 aliphatic heterocycles. The summed E-state index contributed by atoms with van der Waals surface area (Å²) in [4.78, 5) is 2.39. The van der Waals surface area contributed by atoms with Crippen LogP contribution in [0.15, 0.2) is 217 Å². The molecule has 0 aliphatic rings. The third-order valence-corrected chi connectivity index (χ3v) is 11.7. The number of rotatable bonds is 6. The van der Waals surface area contributed by atoms with Gasteiger partial charge in [-0.05, 0) is 96.1 Å². The molecule has 0 radical (unpaired) electrons.